The lowest BCUT2D eigenvalue weighted by Crippen LogP contribution is -2.12. The van der Waals surface area contributed by atoms with Crippen molar-refractivity contribution < 1.29 is 14.7 Å². The summed E-state index contributed by atoms with van der Waals surface area (Å²) < 4.78 is 0. The third kappa shape index (κ3) is 3.32. The molecule has 0 fully saturated rings. The van der Waals surface area contributed by atoms with Gasteiger partial charge in [-0.3, -0.25) is 4.79 Å². The van der Waals surface area contributed by atoms with Crippen LogP contribution in [0.4, 0.5) is 0 Å². The van der Waals surface area contributed by atoms with Gasteiger partial charge in [-0.05, 0) is 6.42 Å². The number of Topliss-reactive ketones (excluding diaryl/α,β-unsaturated/α-hetero) is 1. The number of aliphatic carboxylic acids is 1. The summed E-state index contributed by atoms with van der Waals surface area (Å²) in [5.41, 5.74) is -0.135. The maximum Gasteiger partial charge on any atom is 0.339 e. The van der Waals surface area contributed by atoms with Gasteiger partial charge in [0.1, 0.15) is 0 Å². The van der Waals surface area contributed by atoms with E-state index >= 15 is 0 Å². The Kier molecular flexibility index (Phi) is 4.77. The van der Waals surface area contributed by atoms with Crippen LogP contribution in [-0.4, -0.2) is 22.2 Å². The first kappa shape index (κ1) is 10.4. The number of ketones is 1. The molecule has 0 amide bonds. The predicted octanol–water partition coefficient (Wildman–Crippen LogP) is 1.37. The Labute approximate surface area is 73.2 Å². The van der Waals surface area contributed by atoms with Gasteiger partial charge >= 0.3 is 5.97 Å². The van der Waals surface area contributed by atoms with Crippen LogP contribution in [0.3, 0.4) is 0 Å². The average molecular weight is 221 g/mol. The Morgan fingerprint density at radius 2 is 2.09 bits per heavy atom. The van der Waals surface area contributed by atoms with Crippen molar-refractivity contribution in [2.24, 2.45) is 0 Å². The van der Waals surface area contributed by atoms with Gasteiger partial charge in [-0.1, -0.05) is 28.9 Å². The summed E-state index contributed by atoms with van der Waals surface area (Å²) in [6.07, 6.45) is 1.96. The summed E-state index contributed by atoms with van der Waals surface area (Å²) in [4.78, 5) is 21.2. The van der Waals surface area contributed by atoms with Gasteiger partial charge < -0.3 is 5.11 Å². The molecule has 0 aromatic carbocycles. The van der Waals surface area contributed by atoms with E-state index in [1.165, 1.54) is 6.08 Å². The van der Waals surface area contributed by atoms with Gasteiger partial charge in [-0.2, -0.15) is 0 Å². The van der Waals surface area contributed by atoms with Crippen molar-refractivity contribution in [1.82, 2.24) is 0 Å². The van der Waals surface area contributed by atoms with Crippen LogP contribution in [0.15, 0.2) is 11.6 Å². The van der Waals surface area contributed by atoms with E-state index in [2.05, 4.69) is 15.9 Å². The highest BCUT2D eigenvalue weighted by Crippen LogP contribution is 2.01. The van der Waals surface area contributed by atoms with Crippen LogP contribution >= 0.6 is 15.9 Å². The molecule has 0 atom stereocenters. The quantitative estimate of drug-likeness (QED) is 0.337. The molecule has 0 aliphatic heterocycles. The van der Waals surface area contributed by atoms with Gasteiger partial charge in [0, 0.05) is 0 Å². The first-order valence-electron chi connectivity index (χ1n) is 3.16. The molecule has 3 nitrogen and oxygen atoms in total. The normalized spacial score (nSPS) is 11.3. The standard InChI is InChI=1S/C7H9BrO3/c1-2-3-5(7(10)11)6(9)4-8/h3H,2,4H2,1H3,(H,10,11). The van der Waals surface area contributed by atoms with E-state index in [0.717, 1.165) is 0 Å². The molecule has 0 aliphatic rings. The van der Waals surface area contributed by atoms with Crippen molar-refractivity contribution in [1.29, 1.82) is 0 Å². The van der Waals surface area contributed by atoms with E-state index in [4.69, 9.17) is 5.11 Å². The second-order valence-corrected chi connectivity index (χ2v) is 2.45. The first-order valence-corrected chi connectivity index (χ1v) is 4.28. The highest BCUT2D eigenvalue weighted by Gasteiger charge is 2.14. The Bertz CT molecular complexity index is 196. The molecular weight excluding hydrogens is 212 g/mol. The number of carbonyl (C=O) groups excluding carboxylic acids is 1. The number of hydrogen-bond donors (Lipinski definition) is 1. The second kappa shape index (κ2) is 5.07. The topological polar surface area (TPSA) is 54.4 Å². The molecule has 11 heavy (non-hydrogen) atoms. The fourth-order valence-corrected chi connectivity index (χ4v) is 0.899. The zero-order valence-corrected chi connectivity index (χ0v) is 7.72. The van der Waals surface area contributed by atoms with Crippen LogP contribution in [-0.2, 0) is 9.59 Å². The van der Waals surface area contributed by atoms with Crippen LogP contribution in [0.2, 0.25) is 0 Å². The monoisotopic (exact) mass is 220 g/mol. The Morgan fingerprint density at radius 3 is 2.36 bits per heavy atom. The third-order valence-electron chi connectivity index (χ3n) is 1.06. The molecule has 0 radical (unpaired) electrons. The Balaban J connectivity index is 4.48. The van der Waals surface area contributed by atoms with Gasteiger partial charge in [0.2, 0.25) is 0 Å². The molecule has 0 heterocycles. The summed E-state index contributed by atoms with van der Waals surface area (Å²) in [7, 11) is 0. The maximum atomic E-state index is 10.8. The molecule has 0 aromatic heterocycles. The highest BCUT2D eigenvalue weighted by atomic mass is 79.9. The number of rotatable bonds is 4. The van der Waals surface area contributed by atoms with Gasteiger partial charge in [0.25, 0.3) is 0 Å². The smallest absolute Gasteiger partial charge is 0.339 e. The molecule has 62 valence electrons. The summed E-state index contributed by atoms with van der Waals surface area (Å²) >= 11 is 2.90. The zero-order valence-electron chi connectivity index (χ0n) is 6.13. The lowest BCUT2D eigenvalue weighted by atomic mass is 10.1. The Morgan fingerprint density at radius 1 is 1.55 bits per heavy atom. The maximum absolute atomic E-state index is 10.8. The van der Waals surface area contributed by atoms with E-state index in [-0.39, 0.29) is 16.7 Å². The number of allylic oxidation sites excluding steroid dienone is 1. The molecule has 0 saturated carbocycles. The largest absolute Gasteiger partial charge is 0.478 e. The van der Waals surface area contributed by atoms with Crippen molar-refractivity contribution in [3.05, 3.63) is 11.6 Å². The van der Waals surface area contributed by atoms with Crippen LogP contribution in [0.25, 0.3) is 0 Å². The molecule has 1 N–H and O–H groups in total. The Hall–Kier alpha value is -0.640. The molecule has 0 saturated heterocycles. The average Bonchev–Trinajstić information content (AvgIpc) is 1.98. The molecule has 0 aromatic rings. The van der Waals surface area contributed by atoms with E-state index in [1.54, 1.807) is 6.92 Å². The number of carboxylic acid groups (broad SMARTS) is 1. The SMILES string of the molecule is CCC=C(C(=O)O)C(=O)CBr. The summed E-state index contributed by atoms with van der Waals surface area (Å²) in [5.74, 6) is -1.55. The molecule has 0 aliphatic carbocycles. The second-order valence-electron chi connectivity index (χ2n) is 1.89. The van der Waals surface area contributed by atoms with Crippen molar-refractivity contribution in [2.75, 3.05) is 5.33 Å². The number of alkyl halides is 1. The van der Waals surface area contributed by atoms with Gasteiger partial charge in [-0.15, -0.1) is 0 Å². The molecule has 0 bridgehead atoms. The molecule has 0 rings (SSSR count). The number of halogens is 1. The number of carboxylic acids is 1. The number of hydrogen-bond acceptors (Lipinski definition) is 2. The zero-order chi connectivity index (χ0) is 8.85. The summed E-state index contributed by atoms with van der Waals surface area (Å²) in [6, 6.07) is 0. The van der Waals surface area contributed by atoms with Gasteiger partial charge in [0.15, 0.2) is 5.78 Å². The molecule has 0 spiro atoms. The van der Waals surface area contributed by atoms with Crippen LogP contribution < -0.4 is 0 Å². The minimum absolute atomic E-state index is 0.0606. The highest BCUT2D eigenvalue weighted by molar-refractivity contribution is 9.09. The molecule has 4 heteroatoms. The number of carbonyl (C=O) groups is 2. The van der Waals surface area contributed by atoms with E-state index in [9.17, 15) is 9.59 Å². The fourth-order valence-electron chi connectivity index (χ4n) is 0.597. The van der Waals surface area contributed by atoms with Crippen LogP contribution in [0.5, 0.6) is 0 Å². The van der Waals surface area contributed by atoms with E-state index < -0.39 is 5.97 Å². The first-order chi connectivity index (χ1) is 5.13. The minimum atomic E-state index is -1.16. The van der Waals surface area contributed by atoms with Crippen molar-refractivity contribution in [2.45, 2.75) is 13.3 Å². The lowest BCUT2D eigenvalue weighted by Gasteiger charge is -1.95. The van der Waals surface area contributed by atoms with Crippen molar-refractivity contribution in [3.8, 4) is 0 Å². The minimum Gasteiger partial charge on any atom is -0.478 e. The predicted molar refractivity (Wildman–Crippen MR) is 44.8 cm³/mol. The van der Waals surface area contributed by atoms with Gasteiger partial charge in [0.05, 0.1) is 10.9 Å². The lowest BCUT2D eigenvalue weighted by molar-refractivity contribution is -0.134. The van der Waals surface area contributed by atoms with E-state index in [0.29, 0.717) is 6.42 Å². The third-order valence-corrected chi connectivity index (χ3v) is 1.57. The van der Waals surface area contributed by atoms with Gasteiger partial charge in [-0.25, -0.2) is 4.79 Å². The molecular formula is C7H9BrO3. The molecule has 0 unspecified atom stereocenters. The van der Waals surface area contributed by atoms with Crippen molar-refractivity contribution in [3.63, 3.8) is 0 Å². The van der Waals surface area contributed by atoms with Crippen LogP contribution in [0, 0.1) is 0 Å². The van der Waals surface area contributed by atoms with Crippen LogP contribution in [0.1, 0.15) is 13.3 Å². The van der Waals surface area contributed by atoms with E-state index in [1.807, 2.05) is 0 Å². The summed E-state index contributed by atoms with van der Waals surface area (Å²) in [6.45, 7) is 1.78. The summed E-state index contributed by atoms with van der Waals surface area (Å²) in [5, 5.41) is 8.56. The fraction of sp³-hybridized carbons (Fsp3) is 0.429. The van der Waals surface area contributed by atoms with Crippen molar-refractivity contribution >= 4 is 27.7 Å².